The van der Waals surface area contributed by atoms with Crippen molar-refractivity contribution in [3.05, 3.63) is 23.8 Å². The van der Waals surface area contributed by atoms with Gasteiger partial charge in [0.1, 0.15) is 12.0 Å². The van der Waals surface area contributed by atoms with Crippen molar-refractivity contribution in [2.45, 2.75) is 45.8 Å². The molecule has 0 saturated carbocycles. The summed E-state index contributed by atoms with van der Waals surface area (Å²) in [6.07, 6.45) is 0.847. The lowest BCUT2D eigenvalue weighted by atomic mass is 9.72. The summed E-state index contributed by atoms with van der Waals surface area (Å²) in [5.41, 5.74) is -0.149. The smallest absolute Gasteiger partial charge is 0.313 e. The summed E-state index contributed by atoms with van der Waals surface area (Å²) in [6.45, 7) is 5.78. The molecule has 0 radical (unpaired) electrons. The molecule has 7 nitrogen and oxygen atoms in total. The Morgan fingerprint density at radius 2 is 2.11 bits per heavy atom. The van der Waals surface area contributed by atoms with Gasteiger partial charge in [-0.05, 0) is 42.9 Å². The van der Waals surface area contributed by atoms with Gasteiger partial charge in [0, 0.05) is 19.6 Å². The molecule has 1 aliphatic rings. The van der Waals surface area contributed by atoms with Gasteiger partial charge in [0.15, 0.2) is 11.5 Å². The number of rotatable bonds is 10. The molecule has 158 valence electrons. The Morgan fingerprint density at radius 3 is 2.71 bits per heavy atom. The van der Waals surface area contributed by atoms with E-state index in [0.29, 0.717) is 49.9 Å². The molecule has 0 aromatic heterocycles. The Bertz CT molecular complexity index is 650. The third-order valence-corrected chi connectivity index (χ3v) is 5.44. The van der Waals surface area contributed by atoms with Gasteiger partial charge < -0.3 is 24.8 Å². The van der Waals surface area contributed by atoms with Crippen LogP contribution in [0.15, 0.2) is 18.2 Å². The highest BCUT2D eigenvalue weighted by Crippen LogP contribution is 2.37. The van der Waals surface area contributed by atoms with E-state index in [1.165, 1.54) is 0 Å². The number of ether oxygens (including phenoxy) is 2. The van der Waals surface area contributed by atoms with Crippen molar-refractivity contribution in [2.75, 3.05) is 33.4 Å². The van der Waals surface area contributed by atoms with E-state index in [4.69, 9.17) is 14.6 Å². The van der Waals surface area contributed by atoms with Gasteiger partial charge in [-0.3, -0.25) is 9.69 Å². The molecule has 0 aliphatic carbocycles. The minimum atomic E-state index is -1.13. The van der Waals surface area contributed by atoms with Gasteiger partial charge in [-0.15, -0.1) is 0 Å². The van der Waals surface area contributed by atoms with E-state index in [0.717, 1.165) is 12.0 Å². The number of methoxy groups -OCH3 is 1. The molecule has 28 heavy (non-hydrogen) atoms. The fourth-order valence-corrected chi connectivity index (χ4v) is 3.75. The van der Waals surface area contributed by atoms with Crippen LogP contribution in [-0.4, -0.2) is 65.7 Å². The molecule has 0 unspecified atom stereocenters. The molecule has 1 fully saturated rings. The molecular formula is C21H33NO6. The zero-order chi connectivity index (χ0) is 20.7. The zero-order valence-corrected chi connectivity index (χ0v) is 17.1. The summed E-state index contributed by atoms with van der Waals surface area (Å²) < 4.78 is 10.8. The van der Waals surface area contributed by atoms with E-state index in [1.807, 2.05) is 12.1 Å². The molecule has 1 aromatic carbocycles. The molecule has 0 amide bonds. The van der Waals surface area contributed by atoms with Crippen LogP contribution in [0, 0.1) is 11.3 Å². The monoisotopic (exact) mass is 395 g/mol. The molecular weight excluding hydrogens is 362 g/mol. The molecule has 2 atom stereocenters. The van der Waals surface area contributed by atoms with Crippen LogP contribution in [0.25, 0.3) is 0 Å². The second-order valence-corrected chi connectivity index (χ2v) is 7.97. The van der Waals surface area contributed by atoms with Crippen LogP contribution < -0.4 is 9.47 Å². The first-order valence-electron chi connectivity index (χ1n) is 9.86. The number of likely N-dealkylation sites (tertiary alicyclic amines) is 1. The van der Waals surface area contributed by atoms with Crippen molar-refractivity contribution in [1.29, 1.82) is 0 Å². The van der Waals surface area contributed by atoms with Crippen LogP contribution in [-0.2, 0) is 11.3 Å². The van der Waals surface area contributed by atoms with Crippen LogP contribution in [0.1, 0.15) is 38.7 Å². The molecule has 3 N–H and O–H groups in total. The van der Waals surface area contributed by atoms with E-state index < -0.39 is 17.5 Å². The van der Waals surface area contributed by atoms with Crippen LogP contribution in [0.3, 0.4) is 0 Å². The molecule has 1 heterocycles. The topological polar surface area (TPSA) is 99.5 Å². The number of benzene rings is 1. The molecule has 1 aliphatic heterocycles. The van der Waals surface area contributed by atoms with Crippen molar-refractivity contribution in [3.8, 4) is 11.5 Å². The second kappa shape index (κ2) is 10.1. The second-order valence-electron chi connectivity index (χ2n) is 7.97. The number of aliphatic hydroxyl groups excluding tert-OH is 2. The first kappa shape index (κ1) is 22.5. The van der Waals surface area contributed by atoms with Crippen molar-refractivity contribution in [1.82, 2.24) is 4.90 Å². The maximum Gasteiger partial charge on any atom is 0.313 e. The minimum Gasteiger partial charge on any atom is -0.493 e. The van der Waals surface area contributed by atoms with Crippen molar-refractivity contribution in [2.24, 2.45) is 11.3 Å². The van der Waals surface area contributed by atoms with E-state index >= 15 is 0 Å². The minimum absolute atomic E-state index is 0.0747. The lowest BCUT2D eigenvalue weighted by Crippen LogP contribution is -2.55. The average molecular weight is 395 g/mol. The van der Waals surface area contributed by atoms with E-state index in [9.17, 15) is 15.0 Å². The summed E-state index contributed by atoms with van der Waals surface area (Å²) in [5.74, 6) is 0.601. The van der Waals surface area contributed by atoms with E-state index in [-0.39, 0.29) is 13.2 Å². The van der Waals surface area contributed by atoms with Gasteiger partial charge in [-0.25, -0.2) is 0 Å². The summed E-state index contributed by atoms with van der Waals surface area (Å²) in [7, 11) is 1.56. The number of hydrogen-bond acceptors (Lipinski definition) is 6. The largest absolute Gasteiger partial charge is 0.493 e. The van der Waals surface area contributed by atoms with Gasteiger partial charge in [0.05, 0.1) is 19.8 Å². The number of hydrogen-bond donors (Lipinski definition) is 3. The quantitative estimate of drug-likeness (QED) is 0.558. The maximum atomic E-state index is 12.1. The Kier molecular flexibility index (Phi) is 8.10. The van der Waals surface area contributed by atoms with Gasteiger partial charge in [0.25, 0.3) is 0 Å². The molecule has 1 saturated heterocycles. The fourth-order valence-electron chi connectivity index (χ4n) is 3.75. The summed E-state index contributed by atoms with van der Waals surface area (Å²) in [6, 6.07) is 5.58. The predicted molar refractivity (Wildman–Crippen MR) is 106 cm³/mol. The number of aliphatic carboxylic acids is 1. The Hall–Kier alpha value is -1.83. The maximum absolute atomic E-state index is 12.1. The summed E-state index contributed by atoms with van der Waals surface area (Å²) >= 11 is 0. The van der Waals surface area contributed by atoms with E-state index in [2.05, 4.69) is 18.7 Å². The zero-order valence-electron chi connectivity index (χ0n) is 17.1. The van der Waals surface area contributed by atoms with Crippen molar-refractivity contribution < 1.29 is 29.6 Å². The molecule has 1 aromatic rings. The third kappa shape index (κ3) is 5.37. The number of aliphatic hydroxyl groups is 2. The third-order valence-electron chi connectivity index (χ3n) is 5.44. The van der Waals surface area contributed by atoms with Crippen molar-refractivity contribution in [3.63, 3.8) is 0 Å². The molecule has 7 heteroatoms. The highest BCUT2D eigenvalue weighted by atomic mass is 16.5. The lowest BCUT2D eigenvalue weighted by molar-refractivity contribution is -0.165. The number of carboxylic acids is 1. The first-order valence-corrected chi connectivity index (χ1v) is 9.86. The molecule has 0 spiro atoms. The predicted octanol–water partition coefficient (Wildman–Crippen LogP) is 2.14. The standard InChI is InChI=1S/C21H33NO6/c1-15(2)6-8-21(20(25)26)14-22(9-7-19(21)24)13-16-4-5-17(28-11-10-23)18(12-16)27-3/h4-5,12,15,19,23-24H,6-11,13-14H2,1-3H3,(H,25,26)/t19-,21-/m1/s1. The molecule has 2 rings (SSSR count). The van der Waals surface area contributed by atoms with Crippen LogP contribution in [0.2, 0.25) is 0 Å². The SMILES string of the molecule is COc1cc(CN2CC[C@@H](O)[C@](CCC(C)C)(C(=O)O)C2)ccc1OCCO. The van der Waals surface area contributed by atoms with Crippen LogP contribution in [0.4, 0.5) is 0 Å². The number of piperidine rings is 1. The van der Waals surface area contributed by atoms with Crippen LogP contribution in [0.5, 0.6) is 11.5 Å². The molecule has 0 bridgehead atoms. The van der Waals surface area contributed by atoms with Crippen LogP contribution >= 0.6 is 0 Å². The first-order chi connectivity index (χ1) is 13.3. The highest BCUT2D eigenvalue weighted by molar-refractivity contribution is 5.76. The van der Waals surface area contributed by atoms with Gasteiger partial charge >= 0.3 is 5.97 Å². The van der Waals surface area contributed by atoms with Gasteiger partial charge in [-0.2, -0.15) is 0 Å². The number of nitrogens with zero attached hydrogens (tertiary/aromatic N) is 1. The van der Waals surface area contributed by atoms with E-state index in [1.54, 1.807) is 13.2 Å². The van der Waals surface area contributed by atoms with Gasteiger partial charge in [-0.1, -0.05) is 19.9 Å². The number of carboxylic acid groups (broad SMARTS) is 1. The van der Waals surface area contributed by atoms with Crippen molar-refractivity contribution >= 4 is 5.97 Å². The highest BCUT2D eigenvalue weighted by Gasteiger charge is 2.48. The Balaban J connectivity index is 2.14. The Labute approximate surface area is 166 Å². The summed E-state index contributed by atoms with van der Waals surface area (Å²) in [4.78, 5) is 14.2. The van der Waals surface area contributed by atoms with Gasteiger partial charge in [0.2, 0.25) is 0 Å². The summed E-state index contributed by atoms with van der Waals surface area (Å²) in [5, 5.41) is 29.4. The fraction of sp³-hybridized carbons (Fsp3) is 0.667. The number of carbonyl (C=O) groups is 1. The Morgan fingerprint density at radius 1 is 1.36 bits per heavy atom. The average Bonchev–Trinajstić information content (AvgIpc) is 2.67. The lowest BCUT2D eigenvalue weighted by Gasteiger charge is -2.43. The normalized spacial score (nSPS) is 23.0.